The summed E-state index contributed by atoms with van der Waals surface area (Å²) in [4.78, 5) is 4.49. The van der Waals surface area contributed by atoms with E-state index in [2.05, 4.69) is 24.6 Å². The minimum absolute atomic E-state index is 0.457. The molecule has 0 saturated carbocycles. The summed E-state index contributed by atoms with van der Waals surface area (Å²) in [6.07, 6.45) is 2.05. The number of ether oxygens (including phenoxy) is 1. The number of nitrogens with zero attached hydrogens (tertiary/aromatic N) is 2. The molecule has 0 N–H and O–H groups in total. The summed E-state index contributed by atoms with van der Waals surface area (Å²) in [5.74, 6) is 0. The number of hydrogen-bond acceptors (Lipinski definition) is 2. The third kappa shape index (κ3) is 4.45. The Balaban J connectivity index is 1.93. The molecule has 0 aliphatic rings. The molecule has 2 heterocycles. The largest absolute Gasteiger partial charge is 0.361 e. The molecular formula is C19H22Cl2N2OSi. The molecule has 132 valence electrons. The van der Waals surface area contributed by atoms with E-state index >= 15 is 0 Å². The van der Waals surface area contributed by atoms with Gasteiger partial charge in [0.1, 0.15) is 17.5 Å². The Kier molecular flexibility index (Phi) is 5.54. The standard InChI is InChI=1S/C19H22Cl2N2OSi/c1-25(2,3)11-10-24-13-23-12-16(14-6-4-5-7-17(14)20)15-8-9-18(21)22-19(15)23/h4-9,12H,10-11,13H2,1-3H3. The second kappa shape index (κ2) is 7.50. The molecule has 3 nitrogen and oxygen atoms in total. The molecule has 0 saturated heterocycles. The predicted molar refractivity (Wildman–Crippen MR) is 109 cm³/mol. The summed E-state index contributed by atoms with van der Waals surface area (Å²) in [5, 5.41) is 2.21. The fourth-order valence-electron chi connectivity index (χ4n) is 2.67. The molecule has 3 aromatic rings. The zero-order valence-corrected chi connectivity index (χ0v) is 17.2. The summed E-state index contributed by atoms with van der Waals surface area (Å²) in [6, 6.07) is 12.8. The lowest BCUT2D eigenvalue weighted by atomic mass is 10.1. The summed E-state index contributed by atoms with van der Waals surface area (Å²) < 4.78 is 7.91. The van der Waals surface area contributed by atoms with Crippen molar-refractivity contribution >= 4 is 42.3 Å². The van der Waals surface area contributed by atoms with Crippen molar-refractivity contribution in [2.75, 3.05) is 6.61 Å². The van der Waals surface area contributed by atoms with Crippen LogP contribution in [0, 0.1) is 0 Å². The van der Waals surface area contributed by atoms with Crippen LogP contribution in [0.1, 0.15) is 0 Å². The number of benzene rings is 1. The topological polar surface area (TPSA) is 27.1 Å². The van der Waals surface area contributed by atoms with E-state index in [1.807, 2.05) is 41.1 Å². The Morgan fingerprint density at radius 2 is 1.80 bits per heavy atom. The molecule has 3 rings (SSSR count). The van der Waals surface area contributed by atoms with Crippen LogP contribution in [0.4, 0.5) is 0 Å². The third-order valence-corrected chi connectivity index (χ3v) is 6.32. The summed E-state index contributed by atoms with van der Waals surface area (Å²) in [6.45, 7) is 8.25. The van der Waals surface area contributed by atoms with Crippen LogP contribution < -0.4 is 0 Å². The van der Waals surface area contributed by atoms with Crippen molar-refractivity contribution in [3.05, 3.63) is 52.8 Å². The van der Waals surface area contributed by atoms with E-state index in [0.717, 1.165) is 39.8 Å². The Labute approximate surface area is 159 Å². The first kappa shape index (κ1) is 18.5. The number of pyridine rings is 1. The minimum atomic E-state index is -1.10. The van der Waals surface area contributed by atoms with E-state index < -0.39 is 8.07 Å². The SMILES string of the molecule is C[Si](C)(C)CCOCn1cc(-c2ccccc2Cl)c2ccc(Cl)nc21. The first-order valence-electron chi connectivity index (χ1n) is 8.33. The van der Waals surface area contributed by atoms with Crippen LogP contribution >= 0.6 is 23.2 Å². The molecule has 0 amide bonds. The van der Waals surface area contributed by atoms with Crippen LogP contribution in [0.3, 0.4) is 0 Å². The quantitative estimate of drug-likeness (QED) is 0.278. The third-order valence-electron chi connectivity index (χ3n) is 4.08. The van der Waals surface area contributed by atoms with E-state index in [0.29, 0.717) is 11.9 Å². The average Bonchev–Trinajstić information content (AvgIpc) is 2.89. The molecule has 0 aliphatic carbocycles. The van der Waals surface area contributed by atoms with Crippen LogP contribution in [0.25, 0.3) is 22.2 Å². The summed E-state index contributed by atoms with van der Waals surface area (Å²) in [7, 11) is -1.10. The van der Waals surface area contributed by atoms with Gasteiger partial charge in [0.2, 0.25) is 0 Å². The van der Waals surface area contributed by atoms with Gasteiger partial charge in [-0.25, -0.2) is 4.98 Å². The molecule has 0 radical (unpaired) electrons. The van der Waals surface area contributed by atoms with Crippen LogP contribution in [-0.4, -0.2) is 24.2 Å². The zero-order chi connectivity index (χ0) is 18.0. The van der Waals surface area contributed by atoms with Gasteiger partial charge in [-0.15, -0.1) is 0 Å². The molecule has 6 heteroatoms. The Morgan fingerprint density at radius 3 is 2.52 bits per heavy atom. The van der Waals surface area contributed by atoms with Gasteiger partial charge in [0.25, 0.3) is 0 Å². The molecule has 0 unspecified atom stereocenters. The van der Waals surface area contributed by atoms with Gasteiger partial charge >= 0.3 is 0 Å². The Morgan fingerprint density at radius 1 is 1.04 bits per heavy atom. The number of fused-ring (bicyclic) bond motifs is 1. The van der Waals surface area contributed by atoms with Crippen LogP contribution in [0.15, 0.2) is 42.6 Å². The number of hydrogen-bond donors (Lipinski definition) is 0. The van der Waals surface area contributed by atoms with Crippen molar-refractivity contribution in [2.24, 2.45) is 0 Å². The van der Waals surface area contributed by atoms with Gasteiger partial charge in [-0.2, -0.15) is 0 Å². The van der Waals surface area contributed by atoms with Crippen molar-refractivity contribution in [3.63, 3.8) is 0 Å². The number of halogens is 2. The van der Waals surface area contributed by atoms with Crippen LogP contribution in [-0.2, 0) is 11.5 Å². The van der Waals surface area contributed by atoms with Gasteiger partial charge in [-0.1, -0.05) is 61.0 Å². The van der Waals surface area contributed by atoms with E-state index in [-0.39, 0.29) is 0 Å². The van der Waals surface area contributed by atoms with Crippen molar-refractivity contribution in [1.29, 1.82) is 0 Å². The highest BCUT2D eigenvalue weighted by atomic mass is 35.5. The first-order valence-corrected chi connectivity index (χ1v) is 12.8. The van der Waals surface area contributed by atoms with Crippen LogP contribution in [0.2, 0.25) is 35.9 Å². The van der Waals surface area contributed by atoms with Gasteiger partial charge in [-0.05, 0) is 24.2 Å². The predicted octanol–water partition coefficient (Wildman–Crippen LogP) is 6.32. The molecule has 25 heavy (non-hydrogen) atoms. The summed E-state index contributed by atoms with van der Waals surface area (Å²) in [5.41, 5.74) is 2.84. The van der Waals surface area contributed by atoms with Crippen molar-refractivity contribution in [3.8, 4) is 11.1 Å². The monoisotopic (exact) mass is 392 g/mol. The van der Waals surface area contributed by atoms with Crippen LogP contribution in [0.5, 0.6) is 0 Å². The molecule has 0 bridgehead atoms. The lowest BCUT2D eigenvalue weighted by molar-refractivity contribution is 0.0899. The van der Waals surface area contributed by atoms with Crippen molar-refractivity contribution in [2.45, 2.75) is 32.4 Å². The Bertz CT molecular complexity index is 887. The van der Waals surface area contributed by atoms with E-state index in [4.69, 9.17) is 27.9 Å². The number of aromatic nitrogens is 2. The maximum absolute atomic E-state index is 6.39. The van der Waals surface area contributed by atoms with Gasteiger partial charge in [-0.3, -0.25) is 0 Å². The van der Waals surface area contributed by atoms with Gasteiger partial charge in [0.05, 0.1) is 0 Å². The Hall–Kier alpha value is -1.33. The number of rotatable bonds is 6. The molecular weight excluding hydrogens is 371 g/mol. The highest BCUT2D eigenvalue weighted by molar-refractivity contribution is 6.76. The zero-order valence-electron chi connectivity index (χ0n) is 14.7. The van der Waals surface area contributed by atoms with Gasteiger partial charge in [0, 0.05) is 42.4 Å². The normalized spacial score (nSPS) is 12.0. The van der Waals surface area contributed by atoms with E-state index in [9.17, 15) is 0 Å². The van der Waals surface area contributed by atoms with Crippen molar-refractivity contribution in [1.82, 2.24) is 9.55 Å². The fraction of sp³-hybridized carbons (Fsp3) is 0.316. The lowest BCUT2D eigenvalue weighted by Gasteiger charge is -2.15. The molecule has 0 atom stereocenters. The fourth-order valence-corrected chi connectivity index (χ4v) is 3.81. The van der Waals surface area contributed by atoms with E-state index in [1.54, 1.807) is 6.07 Å². The molecule has 0 spiro atoms. The molecule has 2 aromatic heterocycles. The van der Waals surface area contributed by atoms with Crippen molar-refractivity contribution < 1.29 is 4.74 Å². The molecule has 1 aromatic carbocycles. The lowest BCUT2D eigenvalue weighted by Crippen LogP contribution is -2.22. The highest BCUT2D eigenvalue weighted by Gasteiger charge is 2.15. The maximum atomic E-state index is 6.39. The minimum Gasteiger partial charge on any atom is -0.361 e. The maximum Gasteiger partial charge on any atom is 0.144 e. The smallest absolute Gasteiger partial charge is 0.144 e. The molecule has 0 aliphatic heterocycles. The second-order valence-electron chi connectivity index (χ2n) is 7.35. The molecule has 0 fully saturated rings. The highest BCUT2D eigenvalue weighted by Crippen LogP contribution is 2.34. The second-order valence-corrected chi connectivity index (χ2v) is 13.8. The van der Waals surface area contributed by atoms with E-state index in [1.165, 1.54) is 0 Å². The van der Waals surface area contributed by atoms with Gasteiger partial charge < -0.3 is 9.30 Å². The van der Waals surface area contributed by atoms with Gasteiger partial charge in [0.15, 0.2) is 0 Å². The first-order chi connectivity index (χ1) is 11.8. The summed E-state index contributed by atoms with van der Waals surface area (Å²) >= 11 is 12.5. The average molecular weight is 393 g/mol.